The minimum Gasteiger partial charge on any atom is -0.503 e. The molecule has 0 unspecified atom stereocenters. The monoisotopic (exact) mass is 266 g/mol. The standard InChI is InChI=1S/C15H26N2O2/c1-4-6-8-16(3)11-13-10-14(18)15(19)12-17(13)9-7-5-2/h10,12,19H,4-9,11H2,1-3H3. The molecular formula is C15H26N2O2. The smallest absolute Gasteiger partial charge is 0.223 e. The molecule has 108 valence electrons. The van der Waals surface area contributed by atoms with Crippen LogP contribution in [-0.4, -0.2) is 28.2 Å². The van der Waals surface area contributed by atoms with E-state index >= 15 is 0 Å². The van der Waals surface area contributed by atoms with E-state index in [2.05, 4.69) is 25.8 Å². The fraction of sp³-hybridized carbons (Fsp3) is 0.667. The lowest BCUT2D eigenvalue weighted by Gasteiger charge is -2.20. The van der Waals surface area contributed by atoms with Gasteiger partial charge in [0.15, 0.2) is 5.75 Å². The van der Waals surface area contributed by atoms with Crippen molar-refractivity contribution < 1.29 is 5.11 Å². The summed E-state index contributed by atoms with van der Waals surface area (Å²) in [6.07, 6.45) is 6.04. The van der Waals surface area contributed by atoms with Crippen molar-refractivity contribution in [2.24, 2.45) is 0 Å². The first kappa shape index (κ1) is 15.8. The average Bonchev–Trinajstić information content (AvgIpc) is 2.38. The molecule has 19 heavy (non-hydrogen) atoms. The van der Waals surface area contributed by atoms with E-state index in [4.69, 9.17) is 0 Å². The van der Waals surface area contributed by atoms with Gasteiger partial charge in [-0.15, -0.1) is 0 Å². The molecule has 0 atom stereocenters. The van der Waals surface area contributed by atoms with Crippen LogP contribution in [0.3, 0.4) is 0 Å². The maximum Gasteiger partial charge on any atom is 0.223 e. The number of aromatic nitrogens is 1. The van der Waals surface area contributed by atoms with Crippen molar-refractivity contribution in [2.75, 3.05) is 13.6 Å². The van der Waals surface area contributed by atoms with E-state index in [0.717, 1.165) is 44.6 Å². The van der Waals surface area contributed by atoms with E-state index in [0.29, 0.717) is 0 Å². The second kappa shape index (κ2) is 8.00. The molecule has 0 saturated heterocycles. The van der Waals surface area contributed by atoms with Gasteiger partial charge in [0.1, 0.15) is 0 Å². The summed E-state index contributed by atoms with van der Waals surface area (Å²) in [5.74, 6) is -0.156. The molecule has 0 bridgehead atoms. The van der Waals surface area contributed by atoms with Crippen LogP contribution in [0, 0.1) is 0 Å². The zero-order valence-corrected chi connectivity index (χ0v) is 12.4. The van der Waals surface area contributed by atoms with Crippen molar-refractivity contribution in [2.45, 2.75) is 52.6 Å². The molecule has 1 heterocycles. The Kier molecular flexibility index (Phi) is 6.64. The van der Waals surface area contributed by atoms with Crippen LogP contribution >= 0.6 is 0 Å². The Morgan fingerprint density at radius 2 is 1.95 bits per heavy atom. The second-order valence-electron chi connectivity index (χ2n) is 5.15. The van der Waals surface area contributed by atoms with E-state index in [9.17, 15) is 9.90 Å². The maximum absolute atomic E-state index is 11.6. The molecule has 1 N–H and O–H groups in total. The van der Waals surface area contributed by atoms with Gasteiger partial charge in [-0.1, -0.05) is 26.7 Å². The SMILES string of the molecule is CCCCN(C)Cc1cc(=O)c(O)cn1CCCC. The van der Waals surface area contributed by atoms with Gasteiger partial charge in [0.2, 0.25) is 5.43 Å². The molecule has 0 radical (unpaired) electrons. The van der Waals surface area contributed by atoms with Crippen LogP contribution in [0.25, 0.3) is 0 Å². The minimum atomic E-state index is -0.286. The van der Waals surface area contributed by atoms with E-state index in [1.54, 1.807) is 12.3 Å². The van der Waals surface area contributed by atoms with Crippen LogP contribution in [0.1, 0.15) is 45.2 Å². The minimum absolute atomic E-state index is 0.156. The van der Waals surface area contributed by atoms with Crippen molar-refractivity contribution in [3.05, 3.63) is 28.2 Å². The fourth-order valence-electron chi connectivity index (χ4n) is 2.06. The second-order valence-corrected chi connectivity index (χ2v) is 5.15. The van der Waals surface area contributed by atoms with E-state index in [1.807, 2.05) is 4.57 Å². The molecule has 1 rings (SSSR count). The zero-order valence-electron chi connectivity index (χ0n) is 12.4. The third kappa shape index (κ3) is 5.07. The number of nitrogens with zero attached hydrogens (tertiary/aromatic N) is 2. The lowest BCUT2D eigenvalue weighted by atomic mass is 10.2. The van der Waals surface area contributed by atoms with Gasteiger partial charge in [-0.2, -0.15) is 0 Å². The Morgan fingerprint density at radius 1 is 1.26 bits per heavy atom. The zero-order chi connectivity index (χ0) is 14.3. The number of hydrogen-bond donors (Lipinski definition) is 1. The van der Waals surface area contributed by atoms with Crippen molar-refractivity contribution in [1.82, 2.24) is 9.47 Å². The lowest BCUT2D eigenvalue weighted by Crippen LogP contribution is -2.23. The molecule has 0 aromatic carbocycles. The highest BCUT2D eigenvalue weighted by molar-refractivity contribution is 5.20. The van der Waals surface area contributed by atoms with Crippen molar-refractivity contribution >= 4 is 0 Å². The molecule has 1 aromatic heterocycles. The summed E-state index contributed by atoms with van der Waals surface area (Å²) in [6, 6.07) is 1.56. The normalized spacial score (nSPS) is 11.2. The third-order valence-electron chi connectivity index (χ3n) is 3.28. The lowest BCUT2D eigenvalue weighted by molar-refractivity contribution is 0.309. The van der Waals surface area contributed by atoms with E-state index in [-0.39, 0.29) is 11.2 Å². The first-order chi connectivity index (χ1) is 9.08. The number of aryl methyl sites for hydroxylation is 1. The Morgan fingerprint density at radius 3 is 2.58 bits per heavy atom. The summed E-state index contributed by atoms with van der Waals surface area (Å²) in [4.78, 5) is 13.8. The summed E-state index contributed by atoms with van der Waals surface area (Å²) in [5, 5.41) is 9.55. The quantitative estimate of drug-likeness (QED) is 0.786. The molecule has 0 amide bonds. The van der Waals surface area contributed by atoms with Gasteiger partial charge in [-0.25, -0.2) is 0 Å². The summed E-state index contributed by atoms with van der Waals surface area (Å²) in [7, 11) is 2.07. The third-order valence-corrected chi connectivity index (χ3v) is 3.28. The molecule has 1 aromatic rings. The maximum atomic E-state index is 11.6. The van der Waals surface area contributed by atoms with Crippen LogP contribution in [-0.2, 0) is 13.1 Å². The Hall–Kier alpha value is -1.29. The van der Waals surface area contributed by atoms with Gasteiger partial charge in [0.05, 0.1) is 6.20 Å². The van der Waals surface area contributed by atoms with Gasteiger partial charge < -0.3 is 14.6 Å². The highest BCUT2D eigenvalue weighted by Gasteiger charge is 2.08. The summed E-state index contributed by atoms with van der Waals surface area (Å²) >= 11 is 0. The van der Waals surface area contributed by atoms with Crippen LogP contribution in [0.4, 0.5) is 0 Å². The Balaban J connectivity index is 2.84. The van der Waals surface area contributed by atoms with Gasteiger partial charge in [-0.3, -0.25) is 4.79 Å². The number of aromatic hydroxyl groups is 1. The predicted molar refractivity (Wildman–Crippen MR) is 78.5 cm³/mol. The average molecular weight is 266 g/mol. The number of rotatable bonds is 8. The van der Waals surface area contributed by atoms with Gasteiger partial charge in [0, 0.05) is 24.8 Å². The van der Waals surface area contributed by atoms with Crippen molar-refractivity contribution in [1.29, 1.82) is 0 Å². The molecule has 0 saturated carbocycles. The highest BCUT2D eigenvalue weighted by atomic mass is 16.3. The largest absolute Gasteiger partial charge is 0.503 e. The van der Waals surface area contributed by atoms with E-state index in [1.165, 1.54) is 6.42 Å². The first-order valence-electron chi connectivity index (χ1n) is 7.19. The van der Waals surface area contributed by atoms with Crippen LogP contribution in [0.2, 0.25) is 0 Å². The Labute approximate surface area is 115 Å². The number of pyridine rings is 1. The van der Waals surface area contributed by atoms with Gasteiger partial charge in [-0.05, 0) is 26.4 Å². The molecule has 4 nitrogen and oxygen atoms in total. The molecule has 0 aliphatic carbocycles. The molecule has 0 fully saturated rings. The van der Waals surface area contributed by atoms with E-state index < -0.39 is 0 Å². The Bertz CT molecular complexity index is 440. The van der Waals surface area contributed by atoms with Crippen LogP contribution in [0.5, 0.6) is 5.75 Å². The summed E-state index contributed by atoms with van der Waals surface area (Å²) < 4.78 is 2.00. The molecule has 4 heteroatoms. The van der Waals surface area contributed by atoms with Crippen molar-refractivity contribution in [3.63, 3.8) is 0 Å². The number of hydrogen-bond acceptors (Lipinski definition) is 3. The van der Waals surface area contributed by atoms with Crippen molar-refractivity contribution in [3.8, 4) is 5.75 Å². The predicted octanol–water partition coefficient (Wildman–Crippen LogP) is 2.59. The van der Waals surface area contributed by atoms with Gasteiger partial charge >= 0.3 is 0 Å². The van der Waals surface area contributed by atoms with Crippen LogP contribution in [0.15, 0.2) is 17.1 Å². The molecule has 0 aliphatic heterocycles. The highest BCUT2D eigenvalue weighted by Crippen LogP contribution is 2.09. The first-order valence-corrected chi connectivity index (χ1v) is 7.19. The van der Waals surface area contributed by atoms with Crippen LogP contribution < -0.4 is 5.43 Å². The summed E-state index contributed by atoms with van der Waals surface area (Å²) in [6.45, 7) is 6.93. The van der Waals surface area contributed by atoms with Gasteiger partial charge in [0.25, 0.3) is 0 Å². The fourth-order valence-corrected chi connectivity index (χ4v) is 2.06. The molecular weight excluding hydrogens is 240 g/mol. The topological polar surface area (TPSA) is 45.5 Å². The summed E-state index contributed by atoms with van der Waals surface area (Å²) in [5.41, 5.74) is 0.696. The molecule has 0 aliphatic rings. The molecule has 0 spiro atoms. The number of unbranched alkanes of at least 4 members (excludes halogenated alkanes) is 2.